The Kier molecular flexibility index (Phi) is 3.85. The summed E-state index contributed by atoms with van der Waals surface area (Å²) in [7, 11) is 3.87. The molecule has 0 radical (unpaired) electrons. The Bertz CT molecular complexity index is 511. The van der Waals surface area contributed by atoms with Gasteiger partial charge in [-0.15, -0.1) is 0 Å². The largest absolute Gasteiger partial charge is 0.482 e. The number of fused-ring (bicyclic) bond motifs is 1. The van der Waals surface area contributed by atoms with E-state index in [-0.39, 0.29) is 24.3 Å². The van der Waals surface area contributed by atoms with E-state index in [1.807, 2.05) is 37.2 Å². The molecule has 0 spiro atoms. The van der Waals surface area contributed by atoms with Crippen molar-refractivity contribution in [2.75, 3.05) is 26.0 Å². The van der Waals surface area contributed by atoms with Gasteiger partial charge in [-0.3, -0.25) is 9.59 Å². The first kappa shape index (κ1) is 13.5. The average molecular weight is 262 g/mol. The molecule has 0 aromatic heterocycles. The van der Waals surface area contributed by atoms with E-state index < -0.39 is 0 Å². The van der Waals surface area contributed by atoms with E-state index in [1.54, 1.807) is 6.92 Å². The number of carbonyl (C=O) groups is 2. The van der Waals surface area contributed by atoms with E-state index in [4.69, 9.17) is 4.74 Å². The van der Waals surface area contributed by atoms with Gasteiger partial charge in [-0.25, -0.2) is 0 Å². The molecule has 0 bridgehead atoms. The number of hydrogen-bond acceptors (Lipinski definition) is 4. The van der Waals surface area contributed by atoms with Crippen LogP contribution in [0.4, 0.5) is 5.69 Å². The first-order valence-electron chi connectivity index (χ1n) is 6.20. The van der Waals surface area contributed by atoms with Crippen LogP contribution in [0.2, 0.25) is 0 Å². The lowest BCUT2D eigenvalue weighted by Gasteiger charge is -2.26. The molecule has 1 heterocycles. The van der Waals surface area contributed by atoms with E-state index in [1.165, 1.54) is 0 Å². The van der Waals surface area contributed by atoms with Crippen LogP contribution >= 0.6 is 0 Å². The zero-order chi connectivity index (χ0) is 14.0. The SMILES string of the molecule is CC(=O)CC(c1ccc2c(c1)NC(=O)CO2)N(C)C. The fraction of sp³-hybridized carbons (Fsp3) is 0.429. The summed E-state index contributed by atoms with van der Waals surface area (Å²) in [6, 6.07) is 5.65. The second-order valence-electron chi connectivity index (χ2n) is 4.98. The number of carbonyl (C=O) groups excluding carboxylic acids is 2. The molecule has 102 valence electrons. The molecule has 1 aromatic rings. The number of ketones is 1. The van der Waals surface area contributed by atoms with Crippen molar-refractivity contribution < 1.29 is 14.3 Å². The van der Waals surface area contributed by atoms with Crippen LogP contribution in [0.3, 0.4) is 0 Å². The molecule has 1 atom stereocenters. The summed E-state index contributed by atoms with van der Waals surface area (Å²) in [6.07, 6.45) is 0.445. The summed E-state index contributed by atoms with van der Waals surface area (Å²) >= 11 is 0. The monoisotopic (exact) mass is 262 g/mol. The second-order valence-corrected chi connectivity index (χ2v) is 4.98. The number of anilines is 1. The number of nitrogens with one attached hydrogen (secondary N) is 1. The summed E-state index contributed by atoms with van der Waals surface area (Å²) < 4.78 is 5.32. The third-order valence-electron chi connectivity index (χ3n) is 3.13. The summed E-state index contributed by atoms with van der Waals surface area (Å²) in [5.74, 6) is 0.651. The van der Waals surface area contributed by atoms with Gasteiger partial charge in [0.05, 0.1) is 5.69 Å². The third kappa shape index (κ3) is 3.12. The van der Waals surface area contributed by atoms with Crippen molar-refractivity contribution >= 4 is 17.4 Å². The first-order chi connectivity index (χ1) is 8.97. The van der Waals surface area contributed by atoms with Crippen molar-refractivity contribution in [3.05, 3.63) is 23.8 Å². The minimum absolute atomic E-state index is 0.00151. The Balaban J connectivity index is 2.31. The fourth-order valence-corrected chi connectivity index (χ4v) is 2.18. The molecule has 5 nitrogen and oxygen atoms in total. The molecule has 1 aliphatic rings. The summed E-state index contributed by atoms with van der Waals surface area (Å²) in [4.78, 5) is 24.7. The van der Waals surface area contributed by atoms with E-state index >= 15 is 0 Å². The number of ether oxygens (including phenoxy) is 1. The molecular formula is C14H18N2O3. The maximum Gasteiger partial charge on any atom is 0.262 e. The molecule has 1 aliphatic heterocycles. The molecule has 1 N–H and O–H groups in total. The fourth-order valence-electron chi connectivity index (χ4n) is 2.18. The molecular weight excluding hydrogens is 244 g/mol. The standard InChI is InChI=1S/C14H18N2O3/c1-9(17)6-12(16(2)3)10-4-5-13-11(7-10)15-14(18)8-19-13/h4-5,7,12H,6,8H2,1-3H3,(H,15,18). The Morgan fingerprint density at radius 3 is 2.84 bits per heavy atom. The van der Waals surface area contributed by atoms with Gasteiger partial charge >= 0.3 is 0 Å². The van der Waals surface area contributed by atoms with Crippen LogP contribution < -0.4 is 10.1 Å². The first-order valence-corrected chi connectivity index (χ1v) is 6.20. The van der Waals surface area contributed by atoms with Gasteiger partial charge in [0.2, 0.25) is 0 Å². The predicted octanol–water partition coefficient (Wildman–Crippen LogP) is 1.60. The topological polar surface area (TPSA) is 58.6 Å². The van der Waals surface area contributed by atoms with E-state index in [0.29, 0.717) is 17.9 Å². The Labute approximate surface area is 112 Å². The lowest BCUT2D eigenvalue weighted by atomic mass is 9.99. The number of hydrogen-bond donors (Lipinski definition) is 1. The highest BCUT2D eigenvalue weighted by Crippen LogP contribution is 2.32. The summed E-state index contributed by atoms with van der Waals surface area (Å²) in [5.41, 5.74) is 1.66. The van der Waals surface area contributed by atoms with E-state index in [2.05, 4.69) is 5.32 Å². The zero-order valence-electron chi connectivity index (χ0n) is 11.4. The molecule has 0 saturated heterocycles. The molecule has 0 aliphatic carbocycles. The molecule has 1 unspecified atom stereocenters. The smallest absolute Gasteiger partial charge is 0.262 e. The average Bonchev–Trinajstić information content (AvgIpc) is 2.34. The highest BCUT2D eigenvalue weighted by atomic mass is 16.5. The van der Waals surface area contributed by atoms with Crippen LogP contribution in [0, 0.1) is 0 Å². The molecule has 0 fully saturated rings. The van der Waals surface area contributed by atoms with Crippen LogP contribution in [0.1, 0.15) is 24.9 Å². The van der Waals surface area contributed by atoms with Gasteiger partial charge in [0.15, 0.2) is 6.61 Å². The number of Topliss-reactive ketones (excluding diaryl/α,β-unsaturated/α-hetero) is 1. The zero-order valence-corrected chi connectivity index (χ0v) is 11.4. The van der Waals surface area contributed by atoms with Gasteiger partial charge in [0.1, 0.15) is 11.5 Å². The van der Waals surface area contributed by atoms with Crippen molar-refractivity contribution in [2.24, 2.45) is 0 Å². The van der Waals surface area contributed by atoms with Crippen molar-refractivity contribution in [3.63, 3.8) is 0 Å². The van der Waals surface area contributed by atoms with Crippen LogP contribution in [-0.2, 0) is 9.59 Å². The third-order valence-corrected chi connectivity index (χ3v) is 3.13. The predicted molar refractivity (Wildman–Crippen MR) is 72.3 cm³/mol. The molecule has 0 saturated carbocycles. The van der Waals surface area contributed by atoms with E-state index in [0.717, 1.165) is 5.56 Å². The Hall–Kier alpha value is -1.88. The summed E-state index contributed by atoms with van der Waals surface area (Å²) in [5, 5.41) is 2.78. The molecule has 1 aromatic carbocycles. The van der Waals surface area contributed by atoms with Crippen LogP contribution in [-0.4, -0.2) is 37.3 Å². The number of amides is 1. The van der Waals surface area contributed by atoms with Crippen molar-refractivity contribution in [1.29, 1.82) is 0 Å². The molecule has 2 rings (SSSR count). The highest BCUT2D eigenvalue weighted by molar-refractivity contribution is 5.95. The lowest BCUT2D eigenvalue weighted by Crippen LogP contribution is -2.26. The van der Waals surface area contributed by atoms with Crippen LogP contribution in [0.25, 0.3) is 0 Å². The number of rotatable bonds is 4. The van der Waals surface area contributed by atoms with E-state index in [9.17, 15) is 9.59 Å². The highest BCUT2D eigenvalue weighted by Gasteiger charge is 2.21. The molecule has 5 heteroatoms. The van der Waals surface area contributed by atoms with Gasteiger partial charge in [-0.2, -0.15) is 0 Å². The van der Waals surface area contributed by atoms with Crippen molar-refractivity contribution in [2.45, 2.75) is 19.4 Å². The van der Waals surface area contributed by atoms with Gasteiger partial charge < -0.3 is 15.0 Å². The van der Waals surface area contributed by atoms with Crippen LogP contribution in [0.15, 0.2) is 18.2 Å². The minimum Gasteiger partial charge on any atom is -0.482 e. The Morgan fingerprint density at radius 2 is 2.21 bits per heavy atom. The molecule has 19 heavy (non-hydrogen) atoms. The Morgan fingerprint density at radius 1 is 1.47 bits per heavy atom. The quantitative estimate of drug-likeness (QED) is 0.895. The van der Waals surface area contributed by atoms with Gasteiger partial charge in [0.25, 0.3) is 5.91 Å². The maximum atomic E-state index is 11.4. The maximum absolute atomic E-state index is 11.4. The molecule has 1 amide bonds. The van der Waals surface area contributed by atoms with Gasteiger partial charge in [-0.1, -0.05) is 6.07 Å². The van der Waals surface area contributed by atoms with Gasteiger partial charge in [0, 0.05) is 12.5 Å². The summed E-state index contributed by atoms with van der Waals surface area (Å²) in [6.45, 7) is 1.64. The van der Waals surface area contributed by atoms with Crippen molar-refractivity contribution in [1.82, 2.24) is 4.90 Å². The minimum atomic E-state index is -0.155. The lowest BCUT2D eigenvalue weighted by molar-refractivity contribution is -0.119. The normalized spacial score (nSPS) is 15.5. The second kappa shape index (κ2) is 5.40. The van der Waals surface area contributed by atoms with Crippen LogP contribution in [0.5, 0.6) is 5.75 Å². The number of benzene rings is 1. The van der Waals surface area contributed by atoms with Gasteiger partial charge in [-0.05, 0) is 38.7 Å². The number of nitrogens with zero attached hydrogens (tertiary/aromatic N) is 1. The van der Waals surface area contributed by atoms with Crippen molar-refractivity contribution in [3.8, 4) is 5.75 Å².